The molecule has 1 aliphatic rings. The van der Waals surface area contributed by atoms with E-state index in [0.29, 0.717) is 23.7 Å². The van der Waals surface area contributed by atoms with Gasteiger partial charge in [-0.2, -0.15) is 0 Å². The van der Waals surface area contributed by atoms with Crippen molar-refractivity contribution < 1.29 is 17.9 Å². The monoisotopic (exact) mass is 504 g/mol. The molecule has 4 rings (SSSR count). The third-order valence-electron chi connectivity index (χ3n) is 5.44. The smallest absolute Gasteiger partial charge is 0.264 e. The number of amides is 1. The molecular formula is C24H22Cl2N2O4S. The van der Waals surface area contributed by atoms with E-state index in [4.69, 9.17) is 27.9 Å². The van der Waals surface area contributed by atoms with Crippen molar-refractivity contribution in [3.63, 3.8) is 0 Å². The van der Waals surface area contributed by atoms with Crippen molar-refractivity contribution in [2.75, 3.05) is 17.5 Å². The standard InChI is InChI=1S/C24H22Cl2N2O4S/c1-16(17-6-8-19(25)9-7-17)27-24(29)15-32-23-11-10-20(14-21(23)26)33(30,31)28-13-12-18-4-2-3-5-22(18)28/h2-11,14,16H,12-13,15H2,1H3,(H,27,29)/t16-/m1/s1. The van der Waals surface area contributed by atoms with E-state index in [2.05, 4.69) is 5.32 Å². The molecular weight excluding hydrogens is 483 g/mol. The van der Waals surface area contributed by atoms with Crippen LogP contribution in [0.3, 0.4) is 0 Å². The first-order chi connectivity index (χ1) is 15.8. The number of anilines is 1. The summed E-state index contributed by atoms with van der Waals surface area (Å²) in [5.41, 5.74) is 2.58. The second-order valence-electron chi connectivity index (χ2n) is 7.68. The summed E-state index contributed by atoms with van der Waals surface area (Å²) < 4.78 is 33.2. The lowest BCUT2D eigenvalue weighted by Gasteiger charge is -2.20. The van der Waals surface area contributed by atoms with Gasteiger partial charge in [-0.25, -0.2) is 8.42 Å². The molecule has 9 heteroatoms. The largest absolute Gasteiger partial charge is 0.482 e. The number of benzene rings is 3. The van der Waals surface area contributed by atoms with Crippen LogP contribution in [0, 0.1) is 0 Å². The fraction of sp³-hybridized carbons (Fsp3) is 0.208. The highest BCUT2D eigenvalue weighted by molar-refractivity contribution is 7.92. The molecule has 33 heavy (non-hydrogen) atoms. The molecule has 172 valence electrons. The minimum absolute atomic E-state index is 0.0670. The van der Waals surface area contributed by atoms with Gasteiger partial charge in [-0.15, -0.1) is 0 Å². The maximum atomic E-state index is 13.2. The lowest BCUT2D eigenvalue weighted by atomic mass is 10.1. The lowest BCUT2D eigenvalue weighted by Crippen LogP contribution is -2.31. The van der Waals surface area contributed by atoms with E-state index in [1.807, 2.05) is 37.3 Å². The van der Waals surface area contributed by atoms with Gasteiger partial charge in [0, 0.05) is 11.6 Å². The van der Waals surface area contributed by atoms with E-state index in [0.717, 1.165) is 11.1 Å². The summed E-state index contributed by atoms with van der Waals surface area (Å²) >= 11 is 12.2. The molecule has 1 atom stereocenters. The molecule has 0 saturated heterocycles. The van der Waals surface area contributed by atoms with Crippen molar-refractivity contribution in [2.45, 2.75) is 24.3 Å². The Morgan fingerprint density at radius 2 is 1.82 bits per heavy atom. The number of hydrogen-bond acceptors (Lipinski definition) is 4. The van der Waals surface area contributed by atoms with E-state index < -0.39 is 10.0 Å². The number of nitrogens with zero attached hydrogens (tertiary/aromatic N) is 1. The van der Waals surface area contributed by atoms with Gasteiger partial charge in [-0.05, 0) is 60.9 Å². The Balaban J connectivity index is 1.41. The first-order valence-electron chi connectivity index (χ1n) is 10.3. The Bertz CT molecular complexity index is 1280. The molecule has 0 saturated carbocycles. The molecule has 3 aromatic rings. The number of hydrogen-bond donors (Lipinski definition) is 1. The zero-order valence-corrected chi connectivity index (χ0v) is 20.1. The first-order valence-corrected chi connectivity index (χ1v) is 12.5. The van der Waals surface area contributed by atoms with Crippen molar-refractivity contribution in [3.8, 4) is 5.75 Å². The number of halogens is 2. The van der Waals surface area contributed by atoms with Crippen LogP contribution in [-0.4, -0.2) is 27.5 Å². The molecule has 0 aromatic heterocycles. The Labute approximate surface area is 203 Å². The van der Waals surface area contributed by atoms with Gasteiger partial charge in [0.2, 0.25) is 0 Å². The van der Waals surface area contributed by atoms with Crippen molar-refractivity contribution in [3.05, 3.63) is 87.9 Å². The normalized spacial score (nSPS) is 14.0. The molecule has 0 bridgehead atoms. The van der Waals surface area contributed by atoms with Crippen molar-refractivity contribution >= 4 is 44.8 Å². The predicted molar refractivity (Wildman–Crippen MR) is 130 cm³/mol. The third-order valence-corrected chi connectivity index (χ3v) is 7.80. The second kappa shape index (κ2) is 9.63. The molecule has 6 nitrogen and oxygen atoms in total. The number of para-hydroxylation sites is 1. The summed E-state index contributed by atoms with van der Waals surface area (Å²) in [6.07, 6.45) is 0.661. The molecule has 0 fully saturated rings. The summed E-state index contributed by atoms with van der Waals surface area (Å²) in [7, 11) is -3.77. The van der Waals surface area contributed by atoms with Crippen molar-refractivity contribution in [1.29, 1.82) is 0 Å². The average Bonchev–Trinajstić information content (AvgIpc) is 3.23. The maximum Gasteiger partial charge on any atom is 0.264 e. The Morgan fingerprint density at radius 1 is 1.09 bits per heavy atom. The van der Waals surface area contributed by atoms with Crippen molar-refractivity contribution in [2.24, 2.45) is 0 Å². The van der Waals surface area contributed by atoms with Gasteiger partial charge in [-0.1, -0.05) is 53.5 Å². The summed E-state index contributed by atoms with van der Waals surface area (Å²) in [5, 5.41) is 3.57. The molecule has 1 aliphatic heterocycles. The zero-order valence-electron chi connectivity index (χ0n) is 17.8. The highest BCUT2D eigenvalue weighted by Crippen LogP contribution is 2.35. The summed E-state index contributed by atoms with van der Waals surface area (Å²) in [4.78, 5) is 12.4. The zero-order chi connectivity index (χ0) is 23.6. The van der Waals surface area contributed by atoms with Crippen LogP contribution in [0.5, 0.6) is 5.75 Å². The van der Waals surface area contributed by atoms with Crippen molar-refractivity contribution in [1.82, 2.24) is 5.32 Å². The van der Waals surface area contributed by atoms with Crippen LogP contribution >= 0.6 is 23.2 Å². The molecule has 3 aromatic carbocycles. The highest BCUT2D eigenvalue weighted by atomic mass is 35.5. The van der Waals surface area contributed by atoms with Gasteiger partial charge >= 0.3 is 0 Å². The SMILES string of the molecule is C[C@@H](NC(=O)COc1ccc(S(=O)(=O)N2CCc3ccccc32)cc1Cl)c1ccc(Cl)cc1. The van der Waals surface area contributed by atoms with Gasteiger partial charge < -0.3 is 10.1 Å². The van der Waals surface area contributed by atoms with Crippen LogP contribution in [0.25, 0.3) is 0 Å². The lowest BCUT2D eigenvalue weighted by molar-refractivity contribution is -0.123. The molecule has 1 amide bonds. The van der Waals surface area contributed by atoms with Gasteiger partial charge in [-0.3, -0.25) is 9.10 Å². The van der Waals surface area contributed by atoms with Gasteiger partial charge in [0.1, 0.15) is 5.75 Å². The Kier molecular flexibility index (Phi) is 6.83. The number of fused-ring (bicyclic) bond motifs is 1. The maximum absolute atomic E-state index is 13.2. The first kappa shape index (κ1) is 23.4. The van der Waals surface area contributed by atoms with Crippen LogP contribution in [0.1, 0.15) is 24.1 Å². The number of rotatable bonds is 7. The molecule has 1 heterocycles. The van der Waals surface area contributed by atoms with Crippen LogP contribution in [0.2, 0.25) is 10.0 Å². The fourth-order valence-electron chi connectivity index (χ4n) is 3.71. The molecule has 0 unspecified atom stereocenters. The van der Waals surface area contributed by atoms with E-state index >= 15 is 0 Å². The van der Waals surface area contributed by atoms with Crippen LogP contribution in [-0.2, 0) is 21.2 Å². The van der Waals surface area contributed by atoms with Crippen LogP contribution in [0.4, 0.5) is 5.69 Å². The summed E-state index contributed by atoms with van der Waals surface area (Å²) in [6, 6.07) is 18.6. The number of ether oxygens (including phenoxy) is 1. The van der Waals surface area contributed by atoms with E-state index in [9.17, 15) is 13.2 Å². The van der Waals surface area contributed by atoms with Crippen LogP contribution < -0.4 is 14.4 Å². The predicted octanol–water partition coefficient (Wildman–Crippen LogP) is 5.00. The number of nitrogens with one attached hydrogen (secondary N) is 1. The number of carbonyl (C=O) groups is 1. The van der Waals surface area contributed by atoms with Gasteiger partial charge in [0.25, 0.3) is 15.9 Å². The Hall–Kier alpha value is -2.74. The summed E-state index contributed by atoms with van der Waals surface area (Å²) in [5.74, 6) is -0.106. The number of carbonyl (C=O) groups excluding carboxylic acids is 1. The second-order valence-corrected chi connectivity index (χ2v) is 10.4. The number of sulfonamides is 1. The van der Waals surface area contributed by atoms with Crippen LogP contribution in [0.15, 0.2) is 71.6 Å². The quantitative estimate of drug-likeness (QED) is 0.491. The third kappa shape index (κ3) is 5.11. The summed E-state index contributed by atoms with van der Waals surface area (Å²) in [6.45, 7) is 1.97. The minimum Gasteiger partial charge on any atom is -0.482 e. The Morgan fingerprint density at radius 3 is 2.55 bits per heavy atom. The fourth-order valence-corrected chi connectivity index (χ4v) is 5.66. The molecule has 1 N–H and O–H groups in total. The molecule has 0 aliphatic carbocycles. The van der Waals surface area contributed by atoms with Gasteiger partial charge in [0.15, 0.2) is 6.61 Å². The molecule has 0 spiro atoms. The van der Waals surface area contributed by atoms with E-state index in [-0.39, 0.29) is 34.2 Å². The van der Waals surface area contributed by atoms with Gasteiger partial charge in [0.05, 0.1) is 21.6 Å². The molecule has 0 radical (unpaired) electrons. The minimum atomic E-state index is -3.77. The average molecular weight is 505 g/mol. The van der Waals surface area contributed by atoms with E-state index in [1.165, 1.54) is 22.5 Å². The highest BCUT2D eigenvalue weighted by Gasteiger charge is 2.31. The topological polar surface area (TPSA) is 75.7 Å². The van der Waals surface area contributed by atoms with E-state index in [1.54, 1.807) is 18.2 Å².